The fraction of sp³-hybridized carbons (Fsp3) is 0.800. The maximum absolute atomic E-state index is 11.3. The van der Waals surface area contributed by atoms with Crippen LogP contribution in [0.15, 0.2) is 0 Å². The Bertz CT molecular complexity index is 196. The second-order valence-electron chi connectivity index (χ2n) is 3.47. The molecular weight excluding hydrogens is 164 g/mol. The van der Waals surface area contributed by atoms with Gasteiger partial charge in [-0.25, -0.2) is 0 Å². The van der Waals surface area contributed by atoms with Gasteiger partial charge in [0.1, 0.15) is 0 Å². The summed E-state index contributed by atoms with van der Waals surface area (Å²) in [6.07, 6.45) is 1.93. The number of nitrogens with zero attached hydrogens (tertiary/aromatic N) is 1. The highest BCUT2D eigenvalue weighted by Gasteiger charge is 2.11. The number of rotatable bonds is 5. The lowest BCUT2D eigenvalue weighted by molar-refractivity contribution is -0.124. The average Bonchev–Trinajstić information content (AvgIpc) is 2.13. The zero-order valence-corrected chi connectivity index (χ0v) is 8.63. The normalized spacial score (nSPS) is 14.3. The van der Waals surface area contributed by atoms with Crippen molar-refractivity contribution in [1.29, 1.82) is 5.26 Å². The van der Waals surface area contributed by atoms with E-state index in [1.807, 2.05) is 6.92 Å². The molecule has 0 aromatic rings. The monoisotopic (exact) mass is 182 g/mol. The maximum Gasteiger partial charge on any atom is 0.222 e. The van der Waals surface area contributed by atoms with Crippen LogP contribution in [0.3, 0.4) is 0 Å². The summed E-state index contributed by atoms with van der Waals surface area (Å²) in [4.78, 5) is 11.3. The maximum atomic E-state index is 11.3. The Kier molecular flexibility index (Phi) is 5.96. The van der Waals surface area contributed by atoms with Crippen molar-refractivity contribution < 1.29 is 4.79 Å². The van der Waals surface area contributed by atoms with Gasteiger partial charge in [0.2, 0.25) is 5.91 Å². The number of hydrogen-bond acceptors (Lipinski definition) is 2. The predicted molar refractivity (Wildman–Crippen MR) is 51.9 cm³/mol. The van der Waals surface area contributed by atoms with Crippen molar-refractivity contribution in [1.82, 2.24) is 5.32 Å². The molecule has 0 bridgehead atoms. The zero-order chi connectivity index (χ0) is 10.3. The summed E-state index contributed by atoms with van der Waals surface area (Å²) in [5.74, 6) is 0.0256. The van der Waals surface area contributed by atoms with E-state index >= 15 is 0 Å². The molecule has 0 aromatic carbocycles. The summed E-state index contributed by atoms with van der Waals surface area (Å²) in [5.41, 5.74) is 0. The first-order valence-electron chi connectivity index (χ1n) is 4.79. The van der Waals surface area contributed by atoms with Gasteiger partial charge in [-0.1, -0.05) is 20.3 Å². The van der Waals surface area contributed by atoms with E-state index in [1.54, 1.807) is 6.92 Å². The second-order valence-corrected chi connectivity index (χ2v) is 3.47. The molecule has 0 saturated heterocycles. The molecule has 0 aliphatic carbocycles. The van der Waals surface area contributed by atoms with Crippen LogP contribution in [0.2, 0.25) is 0 Å². The minimum absolute atomic E-state index is 0.0592. The largest absolute Gasteiger partial charge is 0.355 e. The van der Waals surface area contributed by atoms with E-state index in [-0.39, 0.29) is 17.7 Å². The molecule has 2 unspecified atom stereocenters. The van der Waals surface area contributed by atoms with Gasteiger partial charge in [0.15, 0.2) is 0 Å². The third-order valence-corrected chi connectivity index (χ3v) is 1.97. The molecule has 0 spiro atoms. The first-order chi connectivity index (χ1) is 6.11. The lowest BCUT2D eigenvalue weighted by Crippen LogP contribution is -2.32. The molecule has 0 fully saturated rings. The highest BCUT2D eigenvalue weighted by Crippen LogP contribution is 2.04. The molecule has 3 heteroatoms. The van der Waals surface area contributed by atoms with E-state index in [0.29, 0.717) is 6.54 Å². The minimum atomic E-state index is -0.0993. The molecular formula is C10H18N2O. The number of nitrogens with one attached hydrogen (secondary N) is 1. The average molecular weight is 182 g/mol. The Morgan fingerprint density at radius 3 is 2.62 bits per heavy atom. The van der Waals surface area contributed by atoms with E-state index in [4.69, 9.17) is 5.26 Å². The van der Waals surface area contributed by atoms with Crippen LogP contribution in [0.4, 0.5) is 0 Å². The number of hydrogen-bond donors (Lipinski definition) is 1. The molecule has 3 nitrogen and oxygen atoms in total. The van der Waals surface area contributed by atoms with Crippen LogP contribution in [0.5, 0.6) is 0 Å². The second kappa shape index (κ2) is 6.47. The standard InChI is InChI=1S/C10H18N2O/c1-4-5-9(3)10(13)12-7-8(2)6-11/h8-9H,4-5,7H2,1-3H3,(H,12,13). The first-order valence-corrected chi connectivity index (χ1v) is 4.79. The van der Waals surface area contributed by atoms with Gasteiger partial charge >= 0.3 is 0 Å². The van der Waals surface area contributed by atoms with E-state index in [2.05, 4.69) is 18.3 Å². The summed E-state index contributed by atoms with van der Waals surface area (Å²) in [6, 6.07) is 2.08. The molecule has 74 valence electrons. The lowest BCUT2D eigenvalue weighted by Gasteiger charge is -2.11. The molecule has 13 heavy (non-hydrogen) atoms. The Hall–Kier alpha value is -1.04. The third-order valence-electron chi connectivity index (χ3n) is 1.97. The summed E-state index contributed by atoms with van der Waals surface area (Å²) in [5, 5.41) is 11.2. The molecule has 0 radical (unpaired) electrons. The zero-order valence-electron chi connectivity index (χ0n) is 8.63. The fourth-order valence-corrected chi connectivity index (χ4v) is 1.04. The molecule has 1 N–H and O–H groups in total. The van der Waals surface area contributed by atoms with Gasteiger partial charge < -0.3 is 5.32 Å². The summed E-state index contributed by atoms with van der Waals surface area (Å²) in [6.45, 7) is 6.23. The smallest absolute Gasteiger partial charge is 0.222 e. The van der Waals surface area contributed by atoms with Crippen LogP contribution in [0, 0.1) is 23.2 Å². The van der Waals surface area contributed by atoms with Crippen LogP contribution in [0.1, 0.15) is 33.6 Å². The number of carbonyl (C=O) groups excluding carboxylic acids is 1. The van der Waals surface area contributed by atoms with Crippen molar-refractivity contribution >= 4 is 5.91 Å². The Labute approximate surface area is 80.1 Å². The van der Waals surface area contributed by atoms with E-state index in [9.17, 15) is 4.79 Å². The highest BCUT2D eigenvalue weighted by atomic mass is 16.1. The highest BCUT2D eigenvalue weighted by molar-refractivity contribution is 5.78. The SMILES string of the molecule is CCCC(C)C(=O)NCC(C)C#N. The fourth-order valence-electron chi connectivity index (χ4n) is 1.04. The van der Waals surface area contributed by atoms with Gasteiger partial charge in [-0.2, -0.15) is 5.26 Å². The van der Waals surface area contributed by atoms with Gasteiger partial charge in [-0.15, -0.1) is 0 Å². The quantitative estimate of drug-likeness (QED) is 0.703. The van der Waals surface area contributed by atoms with Crippen molar-refractivity contribution in [2.24, 2.45) is 11.8 Å². The van der Waals surface area contributed by atoms with Crippen molar-refractivity contribution in [3.05, 3.63) is 0 Å². The molecule has 1 amide bonds. The van der Waals surface area contributed by atoms with Gasteiger partial charge in [0.25, 0.3) is 0 Å². The van der Waals surface area contributed by atoms with Gasteiger partial charge in [0.05, 0.1) is 12.0 Å². The third kappa shape index (κ3) is 5.24. The summed E-state index contributed by atoms with van der Waals surface area (Å²) >= 11 is 0. The van der Waals surface area contributed by atoms with Crippen molar-refractivity contribution in [3.63, 3.8) is 0 Å². The first kappa shape index (κ1) is 12.0. The van der Waals surface area contributed by atoms with Crippen molar-refractivity contribution in [2.75, 3.05) is 6.54 Å². The van der Waals surface area contributed by atoms with Crippen LogP contribution in [-0.2, 0) is 4.79 Å². The number of carbonyl (C=O) groups is 1. The number of nitriles is 1. The Morgan fingerprint density at radius 2 is 2.15 bits per heavy atom. The molecule has 0 rings (SSSR count). The molecule has 0 aliphatic rings. The predicted octanol–water partition coefficient (Wildman–Crippen LogP) is 1.70. The minimum Gasteiger partial charge on any atom is -0.355 e. The van der Waals surface area contributed by atoms with Crippen molar-refractivity contribution in [3.8, 4) is 6.07 Å². The number of amides is 1. The van der Waals surface area contributed by atoms with Gasteiger partial charge in [-0.05, 0) is 13.3 Å². The van der Waals surface area contributed by atoms with Crippen LogP contribution in [0.25, 0.3) is 0 Å². The molecule has 0 aromatic heterocycles. The van der Waals surface area contributed by atoms with E-state index in [0.717, 1.165) is 12.8 Å². The van der Waals surface area contributed by atoms with Crippen LogP contribution < -0.4 is 5.32 Å². The lowest BCUT2D eigenvalue weighted by atomic mass is 10.1. The van der Waals surface area contributed by atoms with Gasteiger partial charge in [-0.3, -0.25) is 4.79 Å². The topological polar surface area (TPSA) is 52.9 Å². The molecule has 0 saturated carbocycles. The molecule has 0 heterocycles. The van der Waals surface area contributed by atoms with E-state index in [1.165, 1.54) is 0 Å². The van der Waals surface area contributed by atoms with Crippen molar-refractivity contribution in [2.45, 2.75) is 33.6 Å². The van der Waals surface area contributed by atoms with Crippen LogP contribution in [-0.4, -0.2) is 12.5 Å². The summed E-state index contributed by atoms with van der Waals surface area (Å²) < 4.78 is 0. The Balaban J connectivity index is 3.69. The summed E-state index contributed by atoms with van der Waals surface area (Å²) in [7, 11) is 0. The van der Waals surface area contributed by atoms with Crippen LogP contribution >= 0.6 is 0 Å². The Morgan fingerprint density at radius 1 is 1.54 bits per heavy atom. The molecule has 0 aliphatic heterocycles. The van der Waals surface area contributed by atoms with Gasteiger partial charge in [0, 0.05) is 12.5 Å². The molecule has 2 atom stereocenters. The van der Waals surface area contributed by atoms with E-state index < -0.39 is 0 Å².